The summed E-state index contributed by atoms with van der Waals surface area (Å²) >= 11 is 12.2. The number of guanidine groups is 1. The van der Waals surface area contributed by atoms with Gasteiger partial charge in [0.05, 0.1) is 14.2 Å². The number of carboxylic acids is 1. The molecule has 0 aromatic heterocycles. The van der Waals surface area contributed by atoms with Crippen LogP contribution in [0.2, 0.25) is 10.0 Å². The van der Waals surface area contributed by atoms with Crippen molar-refractivity contribution in [2.45, 2.75) is 49.4 Å². The van der Waals surface area contributed by atoms with Crippen molar-refractivity contribution >= 4 is 40.8 Å². The van der Waals surface area contributed by atoms with E-state index in [1.807, 2.05) is 6.07 Å². The van der Waals surface area contributed by atoms with Crippen molar-refractivity contribution in [3.8, 4) is 11.5 Å². The van der Waals surface area contributed by atoms with E-state index in [4.69, 9.17) is 48.0 Å². The third-order valence-corrected chi connectivity index (χ3v) is 7.64. The molecule has 1 heterocycles. The fourth-order valence-corrected chi connectivity index (χ4v) is 5.93. The van der Waals surface area contributed by atoms with Crippen LogP contribution < -0.4 is 20.1 Å². The Balaban J connectivity index is 0.000000532. The number of ether oxygens (including phenoxy) is 2. The van der Waals surface area contributed by atoms with Crippen LogP contribution in [0.5, 0.6) is 11.5 Å². The molecule has 4 N–H and O–H groups in total. The number of halogens is 5. The number of benzene rings is 2. The van der Waals surface area contributed by atoms with E-state index in [0.717, 1.165) is 43.7 Å². The number of rotatable bonds is 5. The topological polar surface area (TPSA) is 107 Å². The van der Waals surface area contributed by atoms with E-state index < -0.39 is 12.1 Å². The van der Waals surface area contributed by atoms with Crippen LogP contribution in [-0.4, -0.2) is 68.0 Å². The molecule has 2 aliphatic rings. The van der Waals surface area contributed by atoms with Gasteiger partial charge in [-0.3, -0.25) is 5.41 Å². The van der Waals surface area contributed by atoms with E-state index in [9.17, 15) is 13.2 Å². The summed E-state index contributed by atoms with van der Waals surface area (Å²) in [5.74, 6) is -0.967. The van der Waals surface area contributed by atoms with E-state index in [1.54, 1.807) is 32.4 Å². The molecule has 1 aliphatic heterocycles. The lowest BCUT2D eigenvalue weighted by Gasteiger charge is -2.45. The maximum Gasteiger partial charge on any atom is 0.490 e. The normalized spacial score (nSPS) is 22.7. The van der Waals surface area contributed by atoms with Gasteiger partial charge < -0.3 is 30.1 Å². The van der Waals surface area contributed by atoms with E-state index in [2.05, 4.69) is 34.7 Å². The molecule has 1 saturated heterocycles. The number of fused-ring (bicyclic) bond motifs is 1. The number of likely N-dealkylation sites (tertiary alicyclic amines) is 1. The Morgan fingerprint density at radius 1 is 1.10 bits per heavy atom. The summed E-state index contributed by atoms with van der Waals surface area (Å²) in [6, 6.07) is 12.1. The van der Waals surface area contributed by atoms with Gasteiger partial charge in [-0.1, -0.05) is 29.3 Å². The lowest BCUT2D eigenvalue weighted by molar-refractivity contribution is -0.192. The van der Waals surface area contributed by atoms with Gasteiger partial charge in [0.1, 0.15) is 0 Å². The summed E-state index contributed by atoms with van der Waals surface area (Å²) in [6.45, 7) is 1.06. The Kier molecular flexibility index (Phi) is 9.84. The van der Waals surface area contributed by atoms with Crippen molar-refractivity contribution < 1.29 is 32.5 Å². The van der Waals surface area contributed by atoms with Crippen LogP contribution in [0.4, 0.5) is 18.9 Å². The minimum atomic E-state index is -5.08. The lowest BCUT2D eigenvalue weighted by atomic mass is 9.65. The van der Waals surface area contributed by atoms with Gasteiger partial charge in [0.2, 0.25) is 0 Å². The first-order valence-corrected chi connectivity index (χ1v) is 12.9. The molecule has 8 nitrogen and oxygen atoms in total. The zero-order valence-corrected chi connectivity index (χ0v) is 23.2. The van der Waals surface area contributed by atoms with Gasteiger partial charge in [0.15, 0.2) is 17.5 Å². The van der Waals surface area contributed by atoms with E-state index >= 15 is 0 Å². The molecular formula is C26H31Cl2F3N4O4. The molecule has 1 aliphatic carbocycles. The van der Waals surface area contributed by atoms with Gasteiger partial charge in [-0.15, -0.1) is 0 Å². The largest absolute Gasteiger partial charge is 0.493 e. The summed E-state index contributed by atoms with van der Waals surface area (Å²) in [7, 11) is 5.55. The molecule has 39 heavy (non-hydrogen) atoms. The highest BCUT2D eigenvalue weighted by Crippen LogP contribution is 2.49. The molecule has 2 fully saturated rings. The van der Waals surface area contributed by atoms with Crippen LogP contribution in [0, 0.1) is 5.41 Å². The minimum absolute atomic E-state index is 0.0859. The van der Waals surface area contributed by atoms with E-state index in [0.29, 0.717) is 21.8 Å². The second-order valence-electron chi connectivity index (χ2n) is 9.55. The van der Waals surface area contributed by atoms with Crippen molar-refractivity contribution in [2.75, 3.05) is 33.1 Å². The van der Waals surface area contributed by atoms with E-state index in [-0.39, 0.29) is 17.4 Å². The number of methoxy groups -OCH3 is 2. The number of carboxylic acid groups (broad SMARTS) is 1. The van der Waals surface area contributed by atoms with Crippen molar-refractivity contribution in [3.05, 3.63) is 52.0 Å². The first kappa shape index (κ1) is 30.6. The second-order valence-corrected chi connectivity index (χ2v) is 10.4. The fourth-order valence-electron chi connectivity index (χ4n) is 5.41. The van der Waals surface area contributed by atoms with Gasteiger partial charge in [-0.2, -0.15) is 13.2 Å². The van der Waals surface area contributed by atoms with Crippen LogP contribution in [0.25, 0.3) is 0 Å². The Bertz CT molecular complexity index is 1180. The second kappa shape index (κ2) is 12.5. The highest BCUT2D eigenvalue weighted by molar-refractivity contribution is 6.35. The van der Waals surface area contributed by atoms with Gasteiger partial charge in [-0.25, -0.2) is 4.79 Å². The fraction of sp³-hybridized carbons (Fsp3) is 0.462. The molecule has 2 aromatic rings. The minimum Gasteiger partial charge on any atom is -0.493 e. The molecule has 0 bridgehead atoms. The molecule has 0 spiro atoms. The molecule has 214 valence electrons. The predicted molar refractivity (Wildman–Crippen MR) is 145 cm³/mol. The average Bonchev–Trinajstić information content (AvgIpc) is 3.19. The summed E-state index contributed by atoms with van der Waals surface area (Å²) in [6.07, 6.45) is -0.969. The van der Waals surface area contributed by atoms with Gasteiger partial charge in [0, 0.05) is 33.2 Å². The van der Waals surface area contributed by atoms with Gasteiger partial charge in [-0.05, 0) is 75.2 Å². The Hall–Kier alpha value is -2.89. The van der Waals surface area contributed by atoms with Crippen LogP contribution in [0.3, 0.4) is 0 Å². The molecule has 2 aromatic carbocycles. The standard InChI is InChI=1S/C24H30Cl2N4O2.C2HF3O2/c1-30-9-8-24(15-4-5-20(31-2)21(10-15)32-3)7-6-18(14-22(24)30)28-23(27)29-19-12-16(25)11-17(26)13-19;3-2(4,5)1(6)7/h4-5,10-13,18,22H,6-9,14H2,1-3H3,(H3,27,28,29);(H,6,7). The Labute approximate surface area is 234 Å². The van der Waals surface area contributed by atoms with Crippen LogP contribution in [0.1, 0.15) is 31.2 Å². The maximum absolute atomic E-state index is 10.6. The number of hydrogen-bond acceptors (Lipinski definition) is 5. The third-order valence-electron chi connectivity index (χ3n) is 7.21. The number of hydrogen-bond donors (Lipinski definition) is 4. The van der Waals surface area contributed by atoms with Gasteiger partial charge >= 0.3 is 12.1 Å². The summed E-state index contributed by atoms with van der Waals surface area (Å²) in [4.78, 5) is 11.4. The smallest absolute Gasteiger partial charge is 0.490 e. The zero-order valence-electron chi connectivity index (χ0n) is 21.7. The molecular weight excluding hydrogens is 560 g/mol. The van der Waals surface area contributed by atoms with E-state index in [1.165, 1.54) is 5.56 Å². The molecule has 3 atom stereocenters. The van der Waals surface area contributed by atoms with Crippen LogP contribution in [0.15, 0.2) is 36.4 Å². The molecule has 13 heteroatoms. The number of likely N-dealkylation sites (N-methyl/N-ethyl adjacent to an activating group) is 1. The highest BCUT2D eigenvalue weighted by Gasteiger charge is 2.50. The number of anilines is 1. The van der Waals surface area contributed by atoms with Crippen molar-refractivity contribution in [1.29, 1.82) is 5.41 Å². The summed E-state index contributed by atoms with van der Waals surface area (Å²) in [5.41, 5.74) is 2.10. The zero-order chi connectivity index (χ0) is 29.0. The molecule has 3 unspecified atom stereocenters. The van der Waals surface area contributed by atoms with Gasteiger partial charge in [0.25, 0.3) is 0 Å². The number of aliphatic carboxylic acids is 1. The molecule has 0 radical (unpaired) electrons. The van der Waals surface area contributed by atoms with Crippen molar-refractivity contribution in [1.82, 2.24) is 10.2 Å². The predicted octanol–water partition coefficient (Wildman–Crippen LogP) is 5.77. The highest BCUT2D eigenvalue weighted by atomic mass is 35.5. The average molecular weight is 591 g/mol. The molecule has 4 rings (SSSR count). The molecule has 1 saturated carbocycles. The number of alkyl halides is 3. The Morgan fingerprint density at radius 2 is 1.72 bits per heavy atom. The van der Waals surface area contributed by atoms with Crippen LogP contribution in [-0.2, 0) is 10.2 Å². The summed E-state index contributed by atoms with van der Waals surface area (Å²) in [5, 5.41) is 23.0. The quantitative estimate of drug-likeness (QED) is 0.258. The third kappa shape index (κ3) is 7.40. The SMILES string of the molecule is COc1ccc(C23CCC(NC(=N)Nc4cc(Cl)cc(Cl)c4)CC2N(C)CC3)cc1OC.O=C(O)C(F)(F)F. The number of carbonyl (C=O) groups is 1. The maximum atomic E-state index is 10.6. The monoisotopic (exact) mass is 590 g/mol. The summed E-state index contributed by atoms with van der Waals surface area (Å²) < 4.78 is 42.8. The van der Waals surface area contributed by atoms with Crippen LogP contribution >= 0.6 is 23.2 Å². The first-order chi connectivity index (χ1) is 18.3. The Morgan fingerprint density at radius 3 is 2.28 bits per heavy atom. The van der Waals surface area contributed by atoms with Crippen molar-refractivity contribution in [2.24, 2.45) is 0 Å². The number of nitrogens with zero attached hydrogens (tertiary/aromatic N) is 1. The first-order valence-electron chi connectivity index (χ1n) is 12.1. The van der Waals surface area contributed by atoms with Crippen molar-refractivity contribution in [3.63, 3.8) is 0 Å². The lowest BCUT2D eigenvalue weighted by Crippen LogP contribution is -2.52. The number of nitrogens with one attached hydrogen (secondary N) is 3. The molecule has 0 amide bonds.